The van der Waals surface area contributed by atoms with Crippen LogP contribution in [0.1, 0.15) is 12.0 Å². The predicted octanol–water partition coefficient (Wildman–Crippen LogP) is 2.52. The van der Waals surface area contributed by atoms with Crippen LogP contribution in [-0.2, 0) is 16.0 Å². The maximum atomic E-state index is 12.4. The summed E-state index contributed by atoms with van der Waals surface area (Å²) < 4.78 is 0. The molecule has 116 valence electrons. The van der Waals surface area contributed by atoms with E-state index in [0.717, 1.165) is 12.0 Å². The third-order valence-corrected chi connectivity index (χ3v) is 4.88. The number of rotatable bonds is 5. The summed E-state index contributed by atoms with van der Waals surface area (Å²) in [7, 11) is 0. The van der Waals surface area contributed by atoms with Crippen LogP contribution >= 0.6 is 11.6 Å². The number of carbonyl (C=O) groups excluding carboxylic acids is 1. The van der Waals surface area contributed by atoms with Crippen LogP contribution in [0.4, 0.5) is 0 Å². The second kappa shape index (κ2) is 6.13. The second-order valence-electron chi connectivity index (χ2n) is 6.01. The smallest absolute Gasteiger partial charge is 0.307 e. The van der Waals surface area contributed by atoms with Crippen molar-refractivity contribution in [2.75, 3.05) is 6.54 Å². The summed E-state index contributed by atoms with van der Waals surface area (Å²) in [6, 6.07) is 7.51. The largest absolute Gasteiger partial charge is 0.481 e. The molecule has 3 rings (SSSR count). The van der Waals surface area contributed by atoms with E-state index in [1.54, 1.807) is 0 Å². The predicted molar refractivity (Wildman–Crippen MR) is 83.5 cm³/mol. The van der Waals surface area contributed by atoms with Gasteiger partial charge in [-0.25, -0.2) is 0 Å². The lowest BCUT2D eigenvalue weighted by atomic mass is 9.82. The lowest BCUT2D eigenvalue weighted by molar-refractivity contribution is -0.147. The number of hydrogen-bond acceptors (Lipinski definition) is 2. The van der Waals surface area contributed by atoms with Crippen molar-refractivity contribution in [1.29, 1.82) is 0 Å². The van der Waals surface area contributed by atoms with Crippen LogP contribution in [-0.4, -0.2) is 23.5 Å². The van der Waals surface area contributed by atoms with Gasteiger partial charge in [-0.2, -0.15) is 0 Å². The van der Waals surface area contributed by atoms with Gasteiger partial charge in [0, 0.05) is 11.6 Å². The van der Waals surface area contributed by atoms with E-state index < -0.39 is 17.8 Å². The number of fused-ring (bicyclic) bond motifs is 2. The van der Waals surface area contributed by atoms with Crippen molar-refractivity contribution in [1.82, 2.24) is 5.32 Å². The summed E-state index contributed by atoms with van der Waals surface area (Å²) in [5.74, 6) is -1.96. The highest BCUT2D eigenvalue weighted by Gasteiger charge is 2.51. The number of nitrogens with one attached hydrogen (secondary N) is 1. The van der Waals surface area contributed by atoms with Crippen molar-refractivity contribution in [3.8, 4) is 0 Å². The number of benzene rings is 1. The third-order valence-electron chi connectivity index (χ3n) is 4.65. The van der Waals surface area contributed by atoms with E-state index in [2.05, 4.69) is 5.32 Å². The summed E-state index contributed by atoms with van der Waals surface area (Å²) in [6.45, 7) is 0.489. The van der Waals surface area contributed by atoms with Gasteiger partial charge in [-0.15, -0.1) is 0 Å². The fourth-order valence-corrected chi connectivity index (χ4v) is 3.87. The average Bonchev–Trinajstić information content (AvgIpc) is 3.07. The van der Waals surface area contributed by atoms with Gasteiger partial charge in [-0.1, -0.05) is 35.9 Å². The molecule has 22 heavy (non-hydrogen) atoms. The van der Waals surface area contributed by atoms with Crippen molar-refractivity contribution >= 4 is 23.5 Å². The van der Waals surface area contributed by atoms with Gasteiger partial charge in [0.1, 0.15) is 0 Å². The molecular weight excluding hydrogens is 302 g/mol. The fraction of sp³-hybridized carbons (Fsp3) is 0.412. The van der Waals surface area contributed by atoms with Crippen LogP contribution in [0.5, 0.6) is 0 Å². The quantitative estimate of drug-likeness (QED) is 0.820. The topological polar surface area (TPSA) is 66.4 Å². The van der Waals surface area contributed by atoms with E-state index in [4.69, 9.17) is 11.6 Å². The van der Waals surface area contributed by atoms with Crippen LogP contribution in [0.3, 0.4) is 0 Å². The molecule has 5 heteroatoms. The molecule has 2 bridgehead atoms. The molecule has 0 aliphatic heterocycles. The molecular formula is C17H18ClNO3. The zero-order valence-electron chi connectivity index (χ0n) is 12.0. The normalized spacial score (nSPS) is 28.8. The molecule has 2 aliphatic rings. The van der Waals surface area contributed by atoms with Crippen LogP contribution in [0, 0.1) is 23.7 Å². The van der Waals surface area contributed by atoms with Gasteiger partial charge in [0.2, 0.25) is 5.91 Å². The van der Waals surface area contributed by atoms with Crippen LogP contribution in [0.25, 0.3) is 0 Å². The standard InChI is InChI=1S/C17H18ClNO3/c18-13-3-1-2-10(8-13)6-7-19-16(20)14-11-4-5-12(9-11)15(14)17(21)22/h1-5,8,11-12,14-15H,6-7,9H2,(H,19,20)(H,21,22)/t11-,12-,14-,15-/m0/s1. The molecule has 1 aromatic carbocycles. The maximum absolute atomic E-state index is 12.4. The number of halogens is 1. The molecule has 0 heterocycles. The summed E-state index contributed by atoms with van der Waals surface area (Å²) in [5, 5.41) is 12.9. The van der Waals surface area contributed by atoms with Crippen LogP contribution < -0.4 is 5.32 Å². The Morgan fingerprint density at radius 2 is 1.95 bits per heavy atom. The van der Waals surface area contributed by atoms with E-state index in [-0.39, 0.29) is 17.7 Å². The minimum absolute atomic E-state index is 0.00572. The molecule has 4 atom stereocenters. The number of carbonyl (C=O) groups is 2. The second-order valence-corrected chi connectivity index (χ2v) is 6.45. The number of hydrogen-bond donors (Lipinski definition) is 2. The third kappa shape index (κ3) is 2.88. The molecule has 1 amide bonds. The van der Waals surface area contributed by atoms with Crippen molar-refractivity contribution in [2.45, 2.75) is 12.8 Å². The Kier molecular flexibility index (Phi) is 4.21. The molecule has 0 saturated heterocycles. The number of allylic oxidation sites excluding steroid dienone is 2. The van der Waals surface area contributed by atoms with Gasteiger partial charge in [0.05, 0.1) is 11.8 Å². The van der Waals surface area contributed by atoms with Crippen LogP contribution in [0.2, 0.25) is 5.02 Å². The van der Waals surface area contributed by atoms with Gasteiger partial charge >= 0.3 is 5.97 Å². The molecule has 0 aromatic heterocycles. The summed E-state index contributed by atoms with van der Waals surface area (Å²) >= 11 is 5.93. The van der Waals surface area contributed by atoms with Gasteiger partial charge in [-0.3, -0.25) is 9.59 Å². The lowest BCUT2D eigenvalue weighted by Crippen LogP contribution is -2.40. The Hall–Kier alpha value is -1.81. The lowest BCUT2D eigenvalue weighted by Gasteiger charge is -2.23. The highest BCUT2D eigenvalue weighted by Crippen LogP contribution is 2.48. The Balaban J connectivity index is 1.58. The van der Waals surface area contributed by atoms with Crippen LogP contribution in [0.15, 0.2) is 36.4 Å². The number of carboxylic acids is 1. The zero-order chi connectivity index (χ0) is 15.7. The Morgan fingerprint density at radius 1 is 1.23 bits per heavy atom. The Morgan fingerprint density at radius 3 is 2.64 bits per heavy atom. The fourth-order valence-electron chi connectivity index (χ4n) is 3.66. The molecule has 1 saturated carbocycles. The summed E-state index contributed by atoms with van der Waals surface area (Å²) in [4.78, 5) is 23.8. The first-order valence-corrected chi connectivity index (χ1v) is 7.87. The van der Waals surface area contributed by atoms with Crippen molar-refractivity contribution in [2.24, 2.45) is 23.7 Å². The Labute approximate surface area is 134 Å². The highest BCUT2D eigenvalue weighted by atomic mass is 35.5. The number of carboxylic acid groups (broad SMARTS) is 1. The van der Waals surface area contributed by atoms with Gasteiger partial charge < -0.3 is 10.4 Å². The first-order chi connectivity index (χ1) is 10.6. The van der Waals surface area contributed by atoms with Crippen molar-refractivity contribution < 1.29 is 14.7 Å². The van der Waals surface area contributed by atoms with Crippen molar-refractivity contribution in [3.63, 3.8) is 0 Å². The van der Waals surface area contributed by atoms with E-state index in [9.17, 15) is 14.7 Å². The van der Waals surface area contributed by atoms with Gasteiger partial charge in [0.15, 0.2) is 0 Å². The van der Waals surface area contributed by atoms with E-state index in [0.29, 0.717) is 18.0 Å². The van der Waals surface area contributed by atoms with E-state index in [1.165, 1.54) is 0 Å². The minimum atomic E-state index is -0.869. The first-order valence-electron chi connectivity index (χ1n) is 7.49. The average molecular weight is 320 g/mol. The Bertz CT molecular complexity index is 628. The molecule has 0 radical (unpaired) electrons. The SMILES string of the molecule is O=C(O)[C@@H]1[C@@H](C(=O)NCCc2cccc(Cl)c2)[C@H]2C=C[C@H]1C2. The molecule has 1 aromatic rings. The van der Waals surface area contributed by atoms with Gasteiger partial charge in [-0.05, 0) is 42.4 Å². The maximum Gasteiger partial charge on any atom is 0.307 e. The molecule has 4 nitrogen and oxygen atoms in total. The van der Waals surface area contributed by atoms with E-state index in [1.807, 2.05) is 36.4 Å². The molecule has 2 N–H and O–H groups in total. The molecule has 2 aliphatic carbocycles. The highest BCUT2D eigenvalue weighted by molar-refractivity contribution is 6.30. The minimum Gasteiger partial charge on any atom is -0.481 e. The number of aliphatic carboxylic acids is 1. The monoisotopic (exact) mass is 319 g/mol. The first kappa shape index (κ1) is 15.1. The zero-order valence-corrected chi connectivity index (χ0v) is 12.8. The molecule has 1 fully saturated rings. The summed E-state index contributed by atoms with van der Waals surface area (Å²) in [6.07, 6.45) is 5.40. The number of amides is 1. The molecule has 0 unspecified atom stereocenters. The molecule has 0 spiro atoms. The van der Waals surface area contributed by atoms with E-state index >= 15 is 0 Å². The van der Waals surface area contributed by atoms with Crippen molar-refractivity contribution in [3.05, 3.63) is 47.0 Å². The summed E-state index contributed by atoms with van der Waals surface area (Å²) in [5.41, 5.74) is 1.05. The van der Waals surface area contributed by atoms with Gasteiger partial charge in [0.25, 0.3) is 0 Å².